The molecule has 0 fully saturated rings. The molecule has 1 atom stereocenters. The van der Waals surface area contributed by atoms with E-state index in [0.717, 1.165) is 9.92 Å². The molecule has 1 aromatic heterocycles. The first-order valence-corrected chi connectivity index (χ1v) is 7.74. The van der Waals surface area contributed by atoms with E-state index in [4.69, 9.17) is 11.6 Å². The fraction of sp³-hybridized carbons (Fsp3) is 0.214. The van der Waals surface area contributed by atoms with Crippen LogP contribution in [0.25, 0.3) is 0 Å². The van der Waals surface area contributed by atoms with Gasteiger partial charge in [-0.1, -0.05) is 17.7 Å². The van der Waals surface area contributed by atoms with Gasteiger partial charge in [-0.15, -0.1) is 23.1 Å². The molecule has 1 aromatic carbocycles. The molecule has 0 N–H and O–H groups in total. The quantitative estimate of drug-likeness (QED) is 0.704. The summed E-state index contributed by atoms with van der Waals surface area (Å²) in [4.78, 5) is 13.7. The first kappa shape index (κ1) is 13.7. The van der Waals surface area contributed by atoms with E-state index in [2.05, 4.69) is 6.07 Å². The Labute approximate surface area is 120 Å². The summed E-state index contributed by atoms with van der Waals surface area (Å²) < 4.78 is 0. The number of carbonyl (C=O) groups excluding carboxylic acids is 1. The van der Waals surface area contributed by atoms with Gasteiger partial charge < -0.3 is 0 Å². The van der Waals surface area contributed by atoms with Gasteiger partial charge in [-0.2, -0.15) is 0 Å². The summed E-state index contributed by atoms with van der Waals surface area (Å²) in [5, 5.41) is 2.98. The van der Waals surface area contributed by atoms with Crippen LogP contribution >= 0.6 is 34.7 Å². The number of hydrogen-bond acceptors (Lipinski definition) is 3. The first-order valence-electron chi connectivity index (χ1n) is 5.60. The van der Waals surface area contributed by atoms with Crippen molar-refractivity contribution in [3.8, 4) is 0 Å². The van der Waals surface area contributed by atoms with Crippen LogP contribution in [-0.4, -0.2) is 5.78 Å². The SMILES string of the molecule is CC(=O)CC(Sc1ccc(Cl)cc1)c1cccs1. The third kappa shape index (κ3) is 3.87. The first-order chi connectivity index (χ1) is 8.65. The number of hydrogen-bond donors (Lipinski definition) is 0. The van der Waals surface area contributed by atoms with Crippen molar-refractivity contribution in [1.29, 1.82) is 0 Å². The normalized spacial score (nSPS) is 12.3. The highest BCUT2D eigenvalue weighted by Gasteiger charge is 2.16. The van der Waals surface area contributed by atoms with Crippen LogP contribution in [-0.2, 0) is 4.79 Å². The Hall–Kier alpha value is -0.770. The Balaban J connectivity index is 2.15. The van der Waals surface area contributed by atoms with Crippen molar-refractivity contribution in [1.82, 2.24) is 0 Å². The van der Waals surface area contributed by atoms with Gasteiger partial charge in [0, 0.05) is 21.2 Å². The van der Waals surface area contributed by atoms with E-state index in [1.165, 1.54) is 4.88 Å². The summed E-state index contributed by atoms with van der Waals surface area (Å²) in [5.74, 6) is 0.217. The zero-order valence-corrected chi connectivity index (χ0v) is 12.3. The van der Waals surface area contributed by atoms with Gasteiger partial charge in [0.1, 0.15) is 5.78 Å². The molecule has 1 heterocycles. The molecule has 0 aliphatic carbocycles. The highest BCUT2D eigenvalue weighted by atomic mass is 35.5. The van der Waals surface area contributed by atoms with Crippen molar-refractivity contribution in [2.24, 2.45) is 0 Å². The maximum Gasteiger partial charge on any atom is 0.131 e. The van der Waals surface area contributed by atoms with Crippen molar-refractivity contribution in [2.75, 3.05) is 0 Å². The Morgan fingerprint density at radius 1 is 1.33 bits per heavy atom. The number of ketones is 1. The number of benzene rings is 1. The van der Waals surface area contributed by atoms with E-state index in [9.17, 15) is 4.79 Å². The van der Waals surface area contributed by atoms with E-state index >= 15 is 0 Å². The van der Waals surface area contributed by atoms with Crippen molar-refractivity contribution in [3.05, 3.63) is 51.7 Å². The smallest absolute Gasteiger partial charge is 0.131 e. The number of rotatable bonds is 5. The Morgan fingerprint density at radius 2 is 2.06 bits per heavy atom. The highest BCUT2D eigenvalue weighted by molar-refractivity contribution is 7.99. The zero-order valence-electron chi connectivity index (χ0n) is 9.93. The molecule has 94 valence electrons. The van der Waals surface area contributed by atoms with Crippen LogP contribution in [0.1, 0.15) is 23.5 Å². The molecular weight excluding hydrogens is 284 g/mol. The van der Waals surface area contributed by atoms with Crippen LogP contribution in [0.2, 0.25) is 5.02 Å². The van der Waals surface area contributed by atoms with Crippen LogP contribution in [0.5, 0.6) is 0 Å². The van der Waals surface area contributed by atoms with Crippen molar-refractivity contribution >= 4 is 40.5 Å². The number of carbonyl (C=O) groups is 1. The summed E-state index contributed by atoms with van der Waals surface area (Å²) in [5.41, 5.74) is 0. The topological polar surface area (TPSA) is 17.1 Å². The predicted octanol–water partition coefficient (Wildman–Crippen LogP) is 5.21. The third-order valence-electron chi connectivity index (χ3n) is 2.43. The molecule has 0 aliphatic heterocycles. The Kier molecular flexibility index (Phi) is 4.87. The zero-order chi connectivity index (χ0) is 13.0. The van der Waals surface area contributed by atoms with Crippen LogP contribution in [0.3, 0.4) is 0 Å². The highest BCUT2D eigenvalue weighted by Crippen LogP contribution is 2.40. The number of thioether (sulfide) groups is 1. The summed E-state index contributed by atoms with van der Waals surface area (Å²) in [6, 6.07) is 11.9. The van der Waals surface area contributed by atoms with Gasteiger partial charge in [0.25, 0.3) is 0 Å². The fourth-order valence-electron chi connectivity index (χ4n) is 1.61. The molecule has 0 saturated heterocycles. The molecule has 0 amide bonds. The molecule has 1 nitrogen and oxygen atoms in total. The van der Waals surface area contributed by atoms with Gasteiger partial charge in [-0.25, -0.2) is 0 Å². The lowest BCUT2D eigenvalue weighted by atomic mass is 10.2. The summed E-state index contributed by atoms with van der Waals surface area (Å²) in [7, 11) is 0. The van der Waals surface area contributed by atoms with Gasteiger partial charge in [-0.3, -0.25) is 4.79 Å². The van der Waals surface area contributed by atoms with Gasteiger partial charge in [0.05, 0.1) is 5.25 Å². The molecular formula is C14H13ClOS2. The molecule has 18 heavy (non-hydrogen) atoms. The molecule has 4 heteroatoms. The number of Topliss-reactive ketones (excluding diaryl/α,β-unsaturated/α-hetero) is 1. The van der Waals surface area contributed by atoms with E-state index in [1.54, 1.807) is 30.0 Å². The second-order valence-electron chi connectivity index (χ2n) is 3.98. The minimum Gasteiger partial charge on any atom is -0.300 e. The second-order valence-corrected chi connectivity index (χ2v) is 6.67. The fourth-order valence-corrected chi connectivity index (χ4v) is 3.89. The van der Waals surface area contributed by atoms with Gasteiger partial charge in [0.15, 0.2) is 0 Å². The van der Waals surface area contributed by atoms with Crippen LogP contribution in [0, 0.1) is 0 Å². The summed E-state index contributed by atoms with van der Waals surface area (Å²) in [6.45, 7) is 1.64. The van der Waals surface area contributed by atoms with Gasteiger partial charge in [0.2, 0.25) is 0 Å². The maximum absolute atomic E-state index is 11.4. The second kappa shape index (κ2) is 6.41. The minimum absolute atomic E-state index is 0.198. The van der Waals surface area contributed by atoms with E-state index < -0.39 is 0 Å². The molecule has 0 aliphatic rings. The van der Waals surface area contributed by atoms with E-state index in [-0.39, 0.29) is 11.0 Å². The molecule has 0 radical (unpaired) electrons. The van der Waals surface area contributed by atoms with Gasteiger partial charge >= 0.3 is 0 Å². The maximum atomic E-state index is 11.4. The largest absolute Gasteiger partial charge is 0.300 e. The lowest BCUT2D eigenvalue weighted by Crippen LogP contribution is -1.99. The number of thiophene rings is 1. The molecule has 2 rings (SSSR count). The monoisotopic (exact) mass is 296 g/mol. The molecule has 0 bridgehead atoms. The van der Waals surface area contributed by atoms with Crippen LogP contribution in [0.4, 0.5) is 0 Å². The summed E-state index contributed by atoms with van der Waals surface area (Å²) in [6.07, 6.45) is 0.563. The predicted molar refractivity (Wildman–Crippen MR) is 79.7 cm³/mol. The molecule has 1 unspecified atom stereocenters. The standard InChI is InChI=1S/C14H13ClOS2/c1-10(16)9-14(13-3-2-8-17-13)18-12-6-4-11(15)5-7-12/h2-8,14H,9H2,1H3. The lowest BCUT2D eigenvalue weighted by molar-refractivity contribution is -0.117. The Morgan fingerprint density at radius 3 is 2.61 bits per heavy atom. The minimum atomic E-state index is 0.198. The van der Waals surface area contributed by atoms with Crippen molar-refractivity contribution in [3.63, 3.8) is 0 Å². The van der Waals surface area contributed by atoms with Gasteiger partial charge in [-0.05, 0) is 42.6 Å². The average molecular weight is 297 g/mol. The van der Waals surface area contributed by atoms with Crippen molar-refractivity contribution < 1.29 is 4.79 Å². The Bertz CT molecular complexity index is 505. The van der Waals surface area contributed by atoms with E-state index in [0.29, 0.717) is 6.42 Å². The molecule has 0 spiro atoms. The third-order valence-corrected chi connectivity index (χ3v) is 5.06. The van der Waals surface area contributed by atoms with Crippen molar-refractivity contribution in [2.45, 2.75) is 23.5 Å². The van der Waals surface area contributed by atoms with Crippen LogP contribution < -0.4 is 0 Å². The molecule has 0 saturated carbocycles. The summed E-state index contributed by atoms with van der Waals surface area (Å²) >= 11 is 9.28. The van der Waals surface area contributed by atoms with E-state index in [1.807, 2.05) is 35.7 Å². The average Bonchev–Trinajstić information content (AvgIpc) is 2.84. The lowest BCUT2D eigenvalue weighted by Gasteiger charge is -2.13. The van der Waals surface area contributed by atoms with Crippen LogP contribution in [0.15, 0.2) is 46.7 Å². The molecule has 2 aromatic rings. The number of halogens is 1.